The van der Waals surface area contributed by atoms with Gasteiger partial charge < -0.3 is 4.90 Å². The molecule has 1 aliphatic carbocycles. The minimum atomic E-state index is 0.553. The molecule has 92 valence electrons. The quantitative estimate of drug-likeness (QED) is 0.636. The van der Waals surface area contributed by atoms with E-state index in [0.717, 1.165) is 24.9 Å². The van der Waals surface area contributed by atoms with Crippen molar-refractivity contribution >= 4 is 17.2 Å². The van der Waals surface area contributed by atoms with Gasteiger partial charge in [0.05, 0.1) is 4.99 Å². The van der Waals surface area contributed by atoms with Crippen LogP contribution in [0.3, 0.4) is 0 Å². The van der Waals surface area contributed by atoms with Crippen molar-refractivity contribution in [1.29, 1.82) is 0 Å². The highest BCUT2D eigenvalue weighted by molar-refractivity contribution is 7.80. The fourth-order valence-electron chi connectivity index (χ4n) is 3.73. The van der Waals surface area contributed by atoms with E-state index >= 15 is 0 Å². The molecular weight excluding hydrogens is 214 g/mol. The van der Waals surface area contributed by atoms with Crippen LogP contribution in [0.1, 0.15) is 59.3 Å². The van der Waals surface area contributed by atoms with E-state index in [9.17, 15) is 0 Å². The smallest absolute Gasteiger partial charge is 0.0781 e. The highest BCUT2D eigenvalue weighted by Crippen LogP contribution is 2.42. The van der Waals surface area contributed by atoms with Gasteiger partial charge in [-0.05, 0) is 50.4 Å². The average Bonchev–Trinajstić information content (AvgIpc) is 2.36. The Labute approximate surface area is 106 Å². The first-order chi connectivity index (χ1) is 7.53. The van der Waals surface area contributed by atoms with Crippen LogP contribution in [0, 0.1) is 11.3 Å². The van der Waals surface area contributed by atoms with Crippen molar-refractivity contribution < 1.29 is 0 Å². The van der Waals surface area contributed by atoms with Gasteiger partial charge in [-0.25, -0.2) is 0 Å². The van der Waals surface area contributed by atoms with Crippen molar-refractivity contribution in [2.75, 3.05) is 6.54 Å². The maximum Gasteiger partial charge on any atom is 0.0781 e. The van der Waals surface area contributed by atoms with E-state index in [0.29, 0.717) is 5.41 Å². The highest BCUT2D eigenvalue weighted by atomic mass is 32.1. The van der Waals surface area contributed by atoms with Crippen LogP contribution in [-0.4, -0.2) is 22.5 Å². The summed E-state index contributed by atoms with van der Waals surface area (Å²) in [6.45, 7) is 8.25. The van der Waals surface area contributed by atoms with Gasteiger partial charge in [0.25, 0.3) is 0 Å². The largest absolute Gasteiger partial charge is 0.363 e. The van der Waals surface area contributed by atoms with Crippen molar-refractivity contribution in [3.05, 3.63) is 0 Å². The molecule has 0 bridgehead atoms. The molecule has 0 aromatic heterocycles. The standard InChI is InChI=1S/C14H25NS/c1-4-15-12-6-5-9-14(2,3)10-11(12)7-8-13(15)16/h11-12H,4-10H2,1-3H3. The zero-order chi connectivity index (χ0) is 11.8. The molecule has 0 aromatic carbocycles. The predicted molar refractivity (Wildman–Crippen MR) is 73.7 cm³/mol. The molecule has 0 spiro atoms. The second-order valence-corrected chi connectivity index (χ2v) is 6.78. The van der Waals surface area contributed by atoms with Gasteiger partial charge in [0.15, 0.2) is 0 Å². The molecule has 2 rings (SSSR count). The van der Waals surface area contributed by atoms with Crippen LogP contribution in [0.4, 0.5) is 0 Å². The van der Waals surface area contributed by atoms with Gasteiger partial charge in [0, 0.05) is 12.6 Å². The normalized spacial score (nSPS) is 34.4. The lowest BCUT2D eigenvalue weighted by molar-refractivity contribution is 0.161. The molecule has 2 heteroatoms. The lowest BCUT2D eigenvalue weighted by Crippen LogP contribution is -2.47. The van der Waals surface area contributed by atoms with E-state index in [4.69, 9.17) is 12.2 Å². The Balaban J connectivity index is 2.15. The van der Waals surface area contributed by atoms with Crippen molar-refractivity contribution in [3.63, 3.8) is 0 Å². The van der Waals surface area contributed by atoms with Crippen LogP contribution in [0.25, 0.3) is 0 Å². The number of rotatable bonds is 1. The van der Waals surface area contributed by atoms with Crippen molar-refractivity contribution in [1.82, 2.24) is 4.90 Å². The minimum absolute atomic E-state index is 0.553. The molecule has 2 atom stereocenters. The van der Waals surface area contributed by atoms with Crippen LogP contribution in [0.15, 0.2) is 0 Å². The number of hydrogen-bond acceptors (Lipinski definition) is 1. The van der Waals surface area contributed by atoms with Gasteiger partial charge in [-0.2, -0.15) is 0 Å². The molecule has 0 N–H and O–H groups in total. The van der Waals surface area contributed by atoms with Crippen molar-refractivity contribution in [2.24, 2.45) is 11.3 Å². The van der Waals surface area contributed by atoms with Gasteiger partial charge >= 0.3 is 0 Å². The number of fused-ring (bicyclic) bond motifs is 1. The van der Waals surface area contributed by atoms with Gasteiger partial charge in [0.1, 0.15) is 0 Å². The van der Waals surface area contributed by atoms with E-state index in [-0.39, 0.29) is 0 Å². The Morgan fingerprint density at radius 1 is 1.38 bits per heavy atom. The summed E-state index contributed by atoms with van der Waals surface area (Å²) in [6.07, 6.45) is 8.03. The summed E-state index contributed by atoms with van der Waals surface area (Å²) in [4.78, 5) is 3.74. The molecule has 0 radical (unpaired) electrons. The summed E-state index contributed by atoms with van der Waals surface area (Å²) in [7, 11) is 0. The van der Waals surface area contributed by atoms with Crippen molar-refractivity contribution in [3.8, 4) is 0 Å². The highest BCUT2D eigenvalue weighted by Gasteiger charge is 2.38. The Morgan fingerprint density at radius 2 is 2.12 bits per heavy atom. The minimum Gasteiger partial charge on any atom is -0.363 e. The number of likely N-dealkylation sites (tertiary alicyclic amines) is 1. The van der Waals surface area contributed by atoms with Gasteiger partial charge in [-0.3, -0.25) is 0 Å². The monoisotopic (exact) mass is 239 g/mol. The first-order valence-corrected chi connectivity index (χ1v) is 7.24. The summed E-state index contributed by atoms with van der Waals surface area (Å²) in [5.74, 6) is 0.893. The Hall–Kier alpha value is -0.110. The summed E-state index contributed by atoms with van der Waals surface area (Å²) in [6, 6.07) is 0.757. The van der Waals surface area contributed by atoms with Crippen LogP contribution < -0.4 is 0 Å². The zero-order valence-corrected chi connectivity index (χ0v) is 11.8. The maximum atomic E-state index is 5.52. The number of nitrogens with zero attached hydrogens (tertiary/aromatic N) is 1. The lowest BCUT2D eigenvalue weighted by atomic mass is 9.77. The van der Waals surface area contributed by atoms with E-state index in [1.165, 1.54) is 37.1 Å². The lowest BCUT2D eigenvalue weighted by Gasteiger charge is -2.43. The second kappa shape index (κ2) is 4.64. The van der Waals surface area contributed by atoms with E-state index in [1.807, 2.05) is 0 Å². The molecule has 16 heavy (non-hydrogen) atoms. The fraction of sp³-hybridized carbons (Fsp3) is 0.929. The van der Waals surface area contributed by atoms with Crippen LogP contribution >= 0.6 is 12.2 Å². The average molecular weight is 239 g/mol. The molecule has 1 aliphatic heterocycles. The van der Waals surface area contributed by atoms with E-state index in [2.05, 4.69) is 25.7 Å². The summed E-state index contributed by atoms with van der Waals surface area (Å²) >= 11 is 5.52. The third-order valence-electron chi connectivity index (χ3n) is 4.50. The Bertz CT molecular complexity index is 272. The molecule has 2 fully saturated rings. The first kappa shape index (κ1) is 12.3. The number of thiocarbonyl (C=S) groups is 1. The molecule has 1 nitrogen and oxygen atoms in total. The van der Waals surface area contributed by atoms with E-state index in [1.54, 1.807) is 0 Å². The molecule has 0 aromatic rings. The molecule has 2 unspecified atom stereocenters. The summed E-state index contributed by atoms with van der Waals surface area (Å²) < 4.78 is 0. The van der Waals surface area contributed by atoms with Crippen molar-refractivity contribution in [2.45, 2.75) is 65.3 Å². The third kappa shape index (κ3) is 2.42. The molecule has 1 saturated heterocycles. The zero-order valence-electron chi connectivity index (χ0n) is 11.0. The molecule has 0 amide bonds. The molecule has 1 saturated carbocycles. The van der Waals surface area contributed by atoms with Gasteiger partial charge in [-0.15, -0.1) is 0 Å². The molecule has 1 heterocycles. The summed E-state index contributed by atoms with van der Waals surface area (Å²) in [5.41, 5.74) is 0.553. The van der Waals surface area contributed by atoms with Crippen LogP contribution in [-0.2, 0) is 0 Å². The van der Waals surface area contributed by atoms with Gasteiger partial charge in [0.2, 0.25) is 0 Å². The summed E-state index contributed by atoms with van der Waals surface area (Å²) in [5, 5.41) is 0. The first-order valence-electron chi connectivity index (χ1n) is 6.83. The number of piperidine rings is 1. The topological polar surface area (TPSA) is 3.24 Å². The molecular formula is C14H25NS. The second-order valence-electron chi connectivity index (χ2n) is 6.31. The third-order valence-corrected chi connectivity index (χ3v) is 4.94. The van der Waals surface area contributed by atoms with Crippen LogP contribution in [0.5, 0.6) is 0 Å². The van der Waals surface area contributed by atoms with Gasteiger partial charge in [-0.1, -0.05) is 32.5 Å². The number of hydrogen-bond donors (Lipinski definition) is 0. The Morgan fingerprint density at radius 3 is 2.81 bits per heavy atom. The molecule has 2 aliphatic rings. The van der Waals surface area contributed by atoms with E-state index < -0.39 is 0 Å². The maximum absolute atomic E-state index is 5.52. The fourth-order valence-corrected chi connectivity index (χ4v) is 4.11. The Kier molecular flexibility index (Phi) is 3.58. The predicted octanol–water partition coefficient (Wildman–Crippen LogP) is 4.01. The van der Waals surface area contributed by atoms with Crippen LogP contribution in [0.2, 0.25) is 0 Å². The SMILES string of the molecule is CCN1C(=S)CCC2CC(C)(C)CCCC21.